The summed E-state index contributed by atoms with van der Waals surface area (Å²) in [6, 6.07) is 6.54. The maximum atomic E-state index is 9.28. The molecule has 3 heteroatoms. The number of aryl methyl sites for hydroxylation is 1. The summed E-state index contributed by atoms with van der Waals surface area (Å²) in [7, 11) is 0. The Hall–Kier alpha value is -1.06. The lowest BCUT2D eigenvalue weighted by Crippen LogP contribution is -2.14. The van der Waals surface area contributed by atoms with Crippen molar-refractivity contribution in [1.82, 2.24) is 0 Å². The van der Waals surface area contributed by atoms with E-state index < -0.39 is 6.29 Å². The molecule has 31 heavy (non-hydrogen) atoms. The highest BCUT2D eigenvalue weighted by Crippen LogP contribution is 2.27. The molecule has 0 fully saturated rings. The van der Waals surface area contributed by atoms with Gasteiger partial charge in [0.25, 0.3) is 0 Å². The van der Waals surface area contributed by atoms with Gasteiger partial charge < -0.3 is 14.6 Å². The second-order valence-electron chi connectivity index (χ2n) is 8.96. The summed E-state index contributed by atoms with van der Waals surface area (Å²) >= 11 is 0. The summed E-state index contributed by atoms with van der Waals surface area (Å²) in [6.45, 7) is 7.08. The minimum atomic E-state index is -0.737. The van der Waals surface area contributed by atoms with Crippen LogP contribution in [0.2, 0.25) is 0 Å². The molecular weight excluding hydrogens is 384 g/mol. The Bertz CT molecular complexity index is 527. The quantitative estimate of drug-likeness (QED) is 0.157. The molecule has 0 aliphatic heterocycles. The van der Waals surface area contributed by atoms with Crippen molar-refractivity contribution in [2.24, 2.45) is 0 Å². The fourth-order valence-corrected chi connectivity index (χ4v) is 4.17. The molecule has 1 unspecified atom stereocenters. The standard InChI is InChI=1S/C28H50O3/c1-4-6-8-10-12-14-16-19-26-20-18-22-28(31-24-23-30-25(3)29)27(26)21-17-15-13-11-9-7-5-2/h18,20,22,25,29H,4-17,19,21,23-24H2,1-3H3. The molecule has 0 amide bonds. The molecule has 0 saturated carbocycles. The van der Waals surface area contributed by atoms with Gasteiger partial charge in [-0.25, -0.2) is 0 Å². The monoisotopic (exact) mass is 434 g/mol. The fraction of sp³-hybridized carbons (Fsp3) is 0.786. The van der Waals surface area contributed by atoms with Crippen molar-refractivity contribution >= 4 is 0 Å². The second-order valence-corrected chi connectivity index (χ2v) is 8.96. The van der Waals surface area contributed by atoms with E-state index in [1.165, 1.54) is 101 Å². The molecule has 1 rings (SSSR count). The van der Waals surface area contributed by atoms with E-state index in [1.54, 1.807) is 6.92 Å². The number of ether oxygens (including phenoxy) is 2. The summed E-state index contributed by atoms with van der Waals surface area (Å²) < 4.78 is 11.3. The lowest BCUT2D eigenvalue weighted by atomic mass is 9.95. The Morgan fingerprint density at radius 3 is 1.84 bits per heavy atom. The van der Waals surface area contributed by atoms with Crippen molar-refractivity contribution < 1.29 is 14.6 Å². The van der Waals surface area contributed by atoms with Gasteiger partial charge in [0.2, 0.25) is 0 Å². The molecule has 1 aromatic carbocycles. The van der Waals surface area contributed by atoms with E-state index in [1.807, 2.05) is 0 Å². The molecule has 3 nitrogen and oxygen atoms in total. The molecule has 1 N–H and O–H groups in total. The van der Waals surface area contributed by atoms with Crippen LogP contribution in [0.4, 0.5) is 0 Å². The van der Waals surface area contributed by atoms with Crippen molar-refractivity contribution in [3.8, 4) is 5.75 Å². The van der Waals surface area contributed by atoms with Crippen LogP contribution >= 0.6 is 0 Å². The van der Waals surface area contributed by atoms with Crippen LogP contribution in [0.15, 0.2) is 18.2 Å². The summed E-state index contributed by atoms with van der Waals surface area (Å²) in [4.78, 5) is 0. The third-order valence-corrected chi connectivity index (χ3v) is 6.01. The van der Waals surface area contributed by atoms with E-state index in [0.29, 0.717) is 13.2 Å². The molecule has 1 aromatic rings. The first-order valence-electron chi connectivity index (χ1n) is 13.2. The van der Waals surface area contributed by atoms with Gasteiger partial charge in [-0.1, -0.05) is 103 Å². The molecule has 180 valence electrons. The second kappa shape index (κ2) is 19.6. The van der Waals surface area contributed by atoms with Crippen LogP contribution in [0.3, 0.4) is 0 Å². The van der Waals surface area contributed by atoms with E-state index in [-0.39, 0.29) is 0 Å². The Labute approximate surface area is 192 Å². The summed E-state index contributed by atoms with van der Waals surface area (Å²) in [5.74, 6) is 1.01. The molecule has 0 bridgehead atoms. The molecular formula is C28H50O3. The molecule has 0 aromatic heterocycles. The molecule has 0 aliphatic rings. The van der Waals surface area contributed by atoms with Crippen LogP contribution in [0, 0.1) is 0 Å². The van der Waals surface area contributed by atoms with Crippen LogP contribution in [0.25, 0.3) is 0 Å². The van der Waals surface area contributed by atoms with Gasteiger partial charge in [0, 0.05) is 0 Å². The topological polar surface area (TPSA) is 38.7 Å². The highest BCUT2D eigenvalue weighted by molar-refractivity contribution is 5.40. The average Bonchev–Trinajstić information content (AvgIpc) is 2.76. The van der Waals surface area contributed by atoms with E-state index in [9.17, 15) is 5.11 Å². The predicted molar refractivity (Wildman–Crippen MR) is 133 cm³/mol. The minimum absolute atomic E-state index is 0.413. The van der Waals surface area contributed by atoms with E-state index >= 15 is 0 Å². The Morgan fingerprint density at radius 2 is 1.26 bits per heavy atom. The van der Waals surface area contributed by atoms with Crippen LogP contribution in [0.1, 0.15) is 122 Å². The zero-order chi connectivity index (χ0) is 22.6. The fourth-order valence-electron chi connectivity index (χ4n) is 4.17. The maximum absolute atomic E-state index is 9.28. The number of benzene rings is 1. The van der Waals surface area contributed by atoms with Gasteiger partial charge in [-0.2, -0.15) is 0 Å². The van der Waals surface area contributed by atoms with Gasteiger partial charge in [0.15, 0.2) is 6.29 Å². The Morgan fingerprint density at radius 1 is 0.710 bits per heavy atom. The van der Waals surface area contributed by atoms with Crippen molar-refractivity contribution in [1.29, 1.82) is 0 Å². The SMILES string of the molecule is CCCCCCCCCc1cccc(OCCOC(C)O)c1CCCCCCCCC. The van der Waals surface area contributed by atoms with Crippen LogP contribution < -0.4 is 4.74 Å². The van der Waals surface area contributed by atoms with Crippen molar-refractivity contribution in [3.63, 3.8) is 0 Å². The number of hydrogen-bond acceptors (Lipinski definition) is 3. The third kappa shape index (κ3) is 14.6. The highest BCUT2D eigenvalue weighted by Gasteiger charge is 2.10. The minimum Gasteiger partial charge on any atom is -0.491 e. The highest BCUT2D eigenvalue weighted by atomic mass is 16.6. The van der Waals surface area contributed by atoms with Crippen LogP contribution in [-0.2, 0) is 17.6 Å². The predicted octanol–water partition coefficient (Wildman–Crippen LogP) is 8.01. The van der Waals surface area contributed by atoms with Crippen molar-refractivity contribution in [2.75, 3.05) is 13.2 Å². The zero-order valence-electron chi connectivity index (χ0n) is 20.8. The van der Waals surface area contributed by atoms with Gasteiger partial charge in [-0.3, -0.25) is 0 Å². The van der Waals surface area contributed by atoms with Crippen molar-refractivity contribution in [2.45, 2.75) is 130 Å². The Balaban J connectivity index is 2.54. The lowest BCUT2D eigenvalue weighted by molar-refractivity contribution is -0.0913. The molecule has 0 saturated heterocycles. The largest absolute Gasteiger partial charge is 0.491 e. The molecule has 0 spiro atoms. The number of aliphatic hydroxyl groups excluding tert-OH is 1. The average molecular weight is 435 g/mol. The van der Waals surface area contributed by atoms with Crippen LogP contribution in [0.5, 0.6) is 5.75 Å². The number of rotatable bonds is 21. The first-order valence-corrected chi connectivity index (χ1v) is 13.2. The number of aliphatic hydroxyl groups is 1. The normalized spacial score (nSPS) is 12.3. The summed E-state index contributed by atoms with van der Waals surface area (Å²) in [6.07, 6.45) is 20.3. The van der Waals surface area contributed by atoms with Gasteiger partial charge in [0.1, 0.15) is 12.4 Å². The first kappa shape index (κ1) is 28.0. The number of hydrogen-bond donors (Lipinski definition) is 1. The van der Waals surface area contributed by atoms with E-state index in [4.69, 9.17) is 9.47 Å². The first-order chi connectivity index (χ1) is 15.2. The van der Waals surface area contributed by atoms with Crippen LogP contribution in [-0.4, -0.2) is 24.6 Å². The Kier molecular flexibility index (Phi) is 17.7. The number of unbranched alkanes of at least 4 members (excludes halogenated alkanes) is 12. The molecule has 0 aliphatic carbocycles. The van der Waals surface area contributed by atoms with Gasteiger partial charge in [-0.15, -0.1) is 0 Å². The maximum Gasteiger partial charge on any atom is 0.151 e. The van der Waals surface area contributed by atoms with Crippen molar-refractivity contribution in [3.05, 3.63) is 29.3 Å². The van der Waals surface area contributed by atoms with Gasteiger partial charge >= 0.3 is 0 Å². The zero-order valence-corrected chi connectivity index (χ0v) is 20.8. The molecule has 0 heterocycles. The summed E-state index contributed by atoms with van der Waals surface area (Å²) in [5.41, 5.74) is 2.87. The van der Waals surface area contributed by atoms with E-state index in [0.717, 1.165) is 18.6 Å². The smallest absolute Gasteiger partial charge is 0.151 e. The third-order valence-electron chi connectivity index (χ3n) is 6.01. The van der Waals surface area contributed by atoms with Gasteiger partial charge in [0.05, 0.1) is 6.61 Å². The lowest BCUT2D eigenvalue weighted by Gasteiger charge is -2.16. The molecule has 0 radical (unpaired) electrons. The summed E-state index contributed by atoms with van der Waals surface area (Å²) in [5, 5.41) is 9.28. The van der Waals surface area contributed by atoms with E-state index in [2.05, 4.69) is 32.0 Å². The molecule has 1 atom stereocenters. The van der Waals surface area contributed by atoms with Gasteiger partial charge in [-0.05, 0) is 49.8 Å².